The summed E-state index contributed by atoms with van der Waals surface area (Å²) >= 11 is 0. The number of hydrogen-bond donors (Lipinski definition) is 0. The lowest BCUT2D eigenvalue weighted by Gasteiger charge is -2.21. The van der Waals surface area contributed by atoms with Gasteiger partial charge < -0.3 is 0 Å². The minimum Gasteiger partial charge on any atom is -0.203 e. The van der Waals surface area contributed by atoms with Crippen LogP contribution in [0, 0.1) is 17.6 Å². The van der Waals surface area contributed by atoms with Gasteiger partial charge >= 0.3 is 0 Å². The maximum absolute atomic E-state index is 14.7. The monoisotopic (exact) mass is 414 g/mol. The molecular weight excluding hydrogens is 374 g/mol. The summed E-state index contributed by atoms with van der Waals surface area (Å²) in [5, 5.41) is 0. The van der Waals surface area contributed by atoms with E-state index in [1.807, 2.05) is 6.08 Å². The molecule has 0 amide bonds. The molecule has 0 fully saturated rings. The maximum Gasteiger partial charge on any atom is 0.166 e. The molecule has 0 N–H and O–H groups in total. The molecule has 0 saturated heterocycles. The topological polar surface area (TPSA) is 0 Å². The highest BCUT2D eigenvalue weighted by atomic mass is 19.2. The van der Waals surface area contributed by atoms with E-state index in [1.165, 1.54) is 32.1 Å². The fourth-order valence-corrected chi connectivity index (χ4v) is 4.27. The van der Waals surface area contributed by atoms with Crippen molar-refractivity contribution in [3.8, 4) is 0 Å². The molecule has 0 aromatic heterocycles. The summed E-state index contributed by atoms with van der Waals surface area (Å²) in [6.07, 6.45) is 23.4. The van der Waals surface area contributed by atoms with Crippen LogP contribution in [0.15, 0.2) is 43.0 Å². The van der Waals surface area contributed by atoms with Crippen LogP contribution in [0.5, 0.6) is 0 Å². The molecule has 0 aliphatic heterocycles. The van der Waals surface area contributed by atoms with Crippen molar-refractivity contribution in [2.75, 3.05) is 0 Å². The van der Waals surface area contributed by atoms with Crippen molar-refractivity contribution in [2.45, 2.75) is 96.8 Å². The van der Waals surface area contributed by atoms with Crippen molar-refractivity contribution in [3.63, 3.8) is 0 Å². The van der Waals surface area contributed by atoms with E-state index in [0.717, 1.165) is 56.9 Å². The fourth-order valence-electron chi connectivity index (χ4n) is 4.27. The second kappa shape index (κ2) is 14.3. The van der Waals surface area contributed by atoms with Crippen LogP contribution in [0.3, 0.4) is 0 Å². The van der Waals surface area contributed by atoms with Crippen molar-refractivity contribution >= 4 is 5.57 Å². The Balaban J connectivity index is 1.83. The second-order valence-electron chi connectivity index (χ2n) is 8.71. The van der Waals surface area contributed by atoms with Crippen LogP contribution < -0.4 is 0 Å². The summed E-state index contributed by atoms with van der Waals surface area (Å²) in [6, 6.07) is 3.61. The van der Waals surface area contributed by atoms with Crippen LogP contribution in [0.1, 0.15) is 102 Å². The van der Waals surface area contributed by atoms with E-state index in [9.17, 15) is 8.78 Å². The Morgan fingerprint density at radius 1 is 0.967 bits per heavy atom. The van der Waals surface area contributed by atoms with Gasteiger partial charge in [-0.05, 0) is 68.4 Å². The zero-order valence-electron chi connectivity index (χ0n) is 18.9. The third kappa shape index (κ3) is 8.20. The SMILES string of the molecule is C=CCC/C=C\CC1CC=C(c2ccc(CCCCCCCCC)c(F)c2F)CC1. The second-order valence-corrected chi connectivity index (χ2v) is 8.71. The van der Waals surface area contributed by atoms with Gasteiger partial charge in [-0.1, -0.05) is 81.9 Å². The molecular formula is C28H40F2. The highest BCUT2D eigenvalue weighted by molar-refractivity contribution is 5.67. The zero-order chi connectivity index (χ0) is 21.6. The molecule has 1 unspecified atom stereocenters. The summed E-state index contributed by atoms with van der Waals surface area (Å²) in [7, 11) is 0. The van der Waals surface area contributed by atoms with Gasteiger partial charge in [-0.3, -0.25) is 0 Å². The predicted molar refractivity (Wildman–Crippen MR) is 127 cm³/mol. The summed E-state index contributed by atoms with van der Waals surface area (Å²) in [4.78, 5) is 0. The minimum atomic E-state index is -0.649. The first-order chi connectivity index (χ1) is 14.7. The molecule has 1 aromatic rings. The summed E-state index contributed by atoms with van der Waals surface area (Å²) in [5.74, 6) is -0.672. The van der Waals surface area contributed by atoms with Gasteiger partial charge in [0.15, 0.2) is 11.6 Å². The normalized spacial score (nSPS) is 16.8. The van der Waals surface area contributed by atoms with Crippen molar-refractivity contribution in [1.82, 2.24) is 0 Å². The average molecular weight is 415 g/mol. The first-order valence-electron chi connectivity index (χ1n) is 12.1. The molecule has 0 radical (unpaired) electrons. The van der Waals surface area contributed by atoms with Crippen LogP contribution in [-0.2, 0) is 6.42 Å². The molecule has 0 heterocycles. The third-order valence-electron chi connectivity index (χ3n) is 6.25. The highest BCUT2D eigenvalue weighted by Gasteiger charge is 2.20. The van der Waals surface area contributed by atoms with Gasteiger partial charge in [0.2, 0.25) is 0 Å². The molecule has 166 valence electrons. The number of allylic oxidation sites excluding steroid dienone is 5. The first-order valence-corrected chi connectivity index (χ1v) is 12.1. The van der Waals surface area contributed by atoms with Crippen molar-refractivity contribution in [3.05, 3.63) is 65.8 Å². The van der Waals surface area contributed by atoms with Crippen LogP contribution in [0.25, 0.3) is 5.57 Å². The van der Waals surface area contributed by atoms with E-state index in [1.54, 1.807) is 12.1 Å². The Bertz CT molecular complexity index is 699. The molecule has 1 aliphatic carbocycles. The molecule has 0 bridgehead atoms. The van der Waals surface area contributed by atoms with Crippen molar-refractivity contribution in [1.29, 1.82) is 0 Å². The molecule has 30 heavy (non-hydrogen) atoms. The molecule has 1 aliphatic rings. The Kier molecular flexibility index (Phi) is 11.7. The van der Waals surface area contributed by atoms with Crippen molar-refractivity contribution in [2.24, 2.45) is 5.92 Å². The lowest BCUT2D eigenvalue weighted by molar-refractivity contribution is 0.480. The van der Waals surface area contributed by atoms with Gasteiger partial charge in [0.05, 0.1) is 0 Å². The summed E-state index contributed by atoms with van der Waals surface area (Å²) < 4.78 is 29.4. The van der Waals surface area contributed by atoms with Crippen molar-refractivity contribution < 1.29 is 8.78 Å². The van der Waals surface area contributed by atoms with Crippen LogP contribution >= 0.6 is 0 Å². The fraction of sp³-hybridized carbons (Fsp3) is 0.571. The Morgan fingerprint density at radius 2 is 1.73 bits per heavy atom. The molecule has 1 atom stereocenters. The zero-order valence-corrected chi connectivity index (χ0v) is 18.9. The van der Waals surface area contributed by atoms with Gasteiger partial charge in [-0.15, -0.1) is 6.58 Å². The average Bonchev–Trinajstić information content (AvgIpc) is 2.76. The number of halogens is 2. The summed E-state index contributed by atoms with van der Waals surface area (Å²) in [5.41, 5.74) is 1.97. The Labute approximate surface area is 183 Å². The smallest absolute Gasteiger partial charge is 0.166 e. The molecule has 0 saturated carbocycles. The number of rotatable bonds is 14. The maximum atomic E-state index is 14.7. The molecule has 2 heteroatoms. The van der Waals surface area contributed by atoms with Gasteiger partial charge in [0, 0.05) is 5.56 Å². The van der Waals surface area contributed by atoms with Gasteiger partial charge in [0.1, 0.15) is 0 Å². The van der Waals surface area contributed by atoms with Crippen LogP contribution in [0.4, 0.5) is 8.78 Å². The van der Waals surface area contributed by atoms with E-state index < -0.39 is 11.6 Å². The molecule has 0 nitrogen and oxygen atoms in total. The highest BCUT2D eigenvalue weighted by Crippen LogP contribution is 2.34. The van der Waals surface area contributed by atoms with E-state index >= 15 is 0 Å². The van der Waals surface area contributed by atoms with E-state index in [2.05, 4.69) is 31.7 Å². The number of aryl methyl sites for hydroxylation is 1. The third-order valence-corrected chi connectivity index (χ3v) is 6.25. The predicted octanol–water partition coefficient (Wildman–Crippen LogP) is 9.35. The van der Waals surface area contributed by atoms with E-state index in [0.29, 0.717) is 23.5 Å². The standard InChI is InChI=1S/C28H40F2/c1-3-5-7-9-10-12-14-16-25-21-22-26(28(30)27(25)29)24-19-17-23(18-20-24)15-13-11-8-6-4-2/h4,11,13,19,21-23H,2-3,5-10,12,14-18,20H2,1H3/b13-11-. The lowest BCUT2D eigenvalue weighted by atomic mass is 9.84. The largest absolute Gasteiger partial charge is 0.203 e. The van der Waals surface area contributed by atoms with Gasteiger partial charge in [0.25, 0.3) is 0 Å². The minimum absolute atomic E-state index is 0.468. The van der Waals surface area contributed by atoms with E-state index in [-0.39, 0.29) is 0 Å². The van der Waals surface area contributed by atoms with E-state index in [4.69, 9.17) is 0 Å². The molecule has 0 spiro atoms. The number of hydrogen-bond acceptors (Lipinski definition) is 0. The summed E-state index contributed by atoms with van der Waals surface area (Å²) in [6.45, 7) is 5.95. The quantitative estimate of drug-likeness (QED) is 0.210. The Hall–Kier alpha value is -1.70. The Morgan fingerprint density at radius 3 is 2.43 bits per heavy atom. The van der Waals surface area contributed by atoms with Gasteiger partial charge in [-0.2, -0.15) is 0 Å². The van der Waals surface area contributed by atoms with Gasteiger partial charge in [-0.25, -0.2) is 8.78 Å². The first kappa shape index (κ1) is 24.6. The lowest BCUT2D eigenvalue weighted by Crippen LogP contribution is -2.07. The van der Waals surface area contributed by atoms with Crippen LogP contribution in [-0.4, -0.2) is 0 Å². The van der Waals surface area contributed by atoms with Crippen LogP contribution in [0.2, 0.25) is 0 Å². The number of unbranched alkanes of at least 4 members (excludes halogenated alkanes) is 7. The molecule has 1 aromatic carbocycles. The molecule has 2 rings (SSSR count). The number of benzene rings is 1.